The molecule has 28 heavy (non-hydrogen) atoms. The third kappa shape index (κ3) is 6.43. The Morgan fingerprint density at radius 3 is 2.64 bits per heavy atom. The van der Waals surface area contributed by atoms with Crippen molar-refractivity contribution in [3.8, 4) is 0 Å². The van der Waals surface area contributed by atoms with E-state index in [9.17, 15) is 14.4 Å². The highest BCUT2D eigenvalue weighted by molar-refractivity contribution is 5.85. The molecule has 1 aliphatic heterocycles. The molecule has 0 spiro atoms. The summed E-state index contributed by atoms with van der Waals surface area (Å²) in [5, 5.41) is 11.3. The number of nitrogens with zero attached hydrogens (tertiary/aromatic N) is 4. The van der Waals surface area contributed by atoms with Gasteiger partial charge in [0.05, 0.1) is 6.54 Å². The number of aliphatic carboxylic acids is 1. The van der Waals surface area contributed by atoms with Crippen molar-refractivity contribution in [3.63, 3.8) is 0 Å². The molecule has 1 saturated heterocycles. The van der Waals surface area contributed by atoms with E-state index in [1.54, 1.807) is 6.07 Å². The van der Waals surface area contributed by atoms with Crippen molar-refractivity contribution in [3.05, 3.63) is 29.5 Å². The Balaban J connectivity index is 2.10. The first kappa shape index (κ1) is 21.5. The predicted molar refractivity (Wildman–Crippen MR) is 106 cm³/mol. The molecule has 0 aromatic carbocycles. The molecule has 0 unspecified atom stereocenters. The number of carbonyl (C=O) groups excluding carboxylic acids is 2. The largest absolute Gasteiger partial charge is 0.478 e. The van der Waals surface area contributed by atoms with Crippen molar-refractivity contribution >= 4 is 30.2 Å². The van der Waals surface area contributed by atoms with Crippen molar-refractivity contribution in [1.29, 1.82) is 0 Å². The van der Waals surface area contributed by atoms with Gasteiger partial charge >= 0.3 is 5.97 Å². The average Bonchev–Trinajstić information content (AvgIpc) is 2.68. The number of piperazine rings is 1. The van der Waals surface area contributed by atoms with Crippen LogP contribution in [-0.2, 0) is 20.9 Å². The highest BCUT2D eigenvalue weighted by atomic mass is 16.4. The Labute approximate surface area is 164 Å². The first-order chi connectivity index (χ1) is 13.4. The van der Waals surface area contributed by atoms with Crippen molar-refractivity contribution in [2.75, 3.05) is 51.6 Å². The number of nitrogens with one attached hydrogen (secondary N) is 1. The maximum atomic E-state index is 12.6. The molecule has 9 heteroatoms. The second-order valence-corrected chi connectivity index (χ2v) is 6.70. The van der Waals surface area contributed by atoms with Crippen LogP contribution >= 0.6 is 0 Å². The summed E-state index contributed by atoms with van der Waals surface area (Å²) in [7, 11) is 2.04. The van der Waals surface area contributed by atoms with Gasteiger partial charge in [-0.25, -0.2) is 9.78 Å². The summed E-state index contributed by atoms with van der Waals surface area (Å²) in [5.74, 6) is -0.577. The summed E-state index contributed by atoms with van der Waals surface area (Å²) >= 11 is 0. The number of anilines is 1. The monoisotopic (exact) mass is 389 g/mol. The van der Waals surface area contributed by atoms with Gasteiger partial charge in [-0.15, -0.1) is 0 Å². The lowest BCUT2D eigenvalue weighted by atomic mass is 10.1. The van der Waals surface area contributed by atoms with Crippen LogP contribution in [0.4, 0.5) is 5.82 Å². The molecule has 0 aliphatic carbocycles. The van der Waals surface area contributed by atoms with E-state index >= 15 is 0 Å². The van der Waals surface area contributed by atoms with E-state index in [1.165, 1.54) is 12.3 Å². The molecule has 1 fully saturated rings. The third-order valence-electron chi connectivity index (χ3n) is 4.66. The van der Waals surface area contributed by atoms with E-state index in [4.69, 9.17) is 5.11 Å². The minimum Gasteiger partial charge on any atom is -0.478 e. The first-order valence-electron chi connectivity index (χ1n) is 9.21. The van der Waals surface area contributed by atoms with Crippen molar-refractivity contribution < 1.29 is 19.5 Å². The molecule has 1 aliphatic rings. The molecule has 9 nitrogen and oxygen atoms in total. The standard InChI is InChI=1S/C19H27N5O4/c1-3-23(13-17(26)24-8-6-22(2)7-9-24)12-16-10-15(4-5-18(27)28)11-20-19(16)21-14-25/h4-5,10-11,14H,3,6-9,12-13H2,1-2H3,(H,27,28)(H,20,21,25)/b5-4+. The zero-order chi connectivity index (χ0) is 20.5. The van der Waals surface area contributed by atoms with Crippen LogP contribution in [0.3, 0.4) is 0 Å². The van der Waals surface area contributed by atoms with Gasteiger partial charge in [-0.1, -0.05) is 6.92 Å². The molecule has 0 radical (unpaired) electrons. The molecule has 2 amide bonds. The van der Waals surface area contributed by atoms with Crippen LogP contribution in [0.25, 0.3) is 6.08 Å². The maximum Gasteiger partial charge on any atom is 0.328 e. The van der Waals surface area contributed by atoms with E-state index in [-0.39, 0.29) is 12.5 Å². The topological polar surface area (TPSA) is 106 Å². The second kappa shape index (κ2) is 10.5. The van der Waals surface area contributed by atoms with Crippen molar-refractivity contribution in [2.45, 2.75) is 13.5 Å². The van der Waals surface area contributed by atoms with E-state index in [2.05, 4.69) is 15.2 Å². The number of amides is 2. The van der Waals surface area contributed by atoms with E-state index in [0.29, 0.717) is 36.4 Å². The Bertz CT molecular complexity index is 729. The molecule has 1 aromatic heterocycles. The molecule has 0 saturated carbocycles. The summed E-state index contributed by atoms with van der Waals surface area (Å²) in [4.78, 5) is 44.5. The SMILES string of the molecule is CCN(CC(=O)N1CCN(C)CC1)Cc1cc(/C=C/C(=O)O)cnc1NC=O. The van der Waals surface area contributed by atoms with Gasteiger partial charge in [0.15, 0.2) is 0 Å². The van der Waals surface area contributed by atoms with Gasteiger partial charge in [-0.2, -0.15) is 0 Å². The number of hydrogen-bond acceptors (Lipinski definition) is 6. The predicted octanol–water partition coefficient (Wildman–Crippen LogP) is 0.344. The lowest BCUT2D eigenvalue weighted by Gasteiger charge is -2.34. The minimum atomic E-state index is -1.05. The van der Waals surface area contributed by atoms with Gasteiger partial charge in [0.1, 0.15) is 5.82 Å². The van der Waals surface area contributed by atoms with Crippen LogP contribution in [-0.4, -0.2) is 89.4 Å². The lowest BCUT2D eigenvalue weighted by Crippen LogP contribution is -2.50. The van der Waals surface area contributed by atoms with Gasteiger partial charge in [0.25, 0.3) is 0 Å². The molecule has 152 valence electrons. The number of hydrogen-bond donors (Lipinski definition) is 2. The van der Waals surface area contributed by atoms with E-state index in [1.807, 2.05) is 23.8 Å². The van der Waals surface area contributed by atoms with Crippen LogP contribution in [0.1, 0.15) is 18.1 Å². The quantitative estimate of drug-likeness (QED) is 0.463. The normalized spacial score (nSPS) is 15.2. The van der Waals surface area contributed by atoms with Crippen LogP contribution < -0.4 is 5.32 Å². The van der Waals surface area contributed by atoms with Gasteiger partial charge in [0, 0.05) is 50.6 Å². The molecule has 1 aromatic rings. The van der Waals surface area contributed by atoms with Crippen LogP contribution in [0.5, 0.6) is 0 Å². The minimum absolute atomic E-state index is 0.0785. The first-order valence-corrected chi connectivity index (χ1v) is 9.21. The zero-order valence-corrected chi connectivity index (χ0v) is 16.3. The van der Waals surface area contributed by atoms with Crippen LogP contribution in [0.2, 0.25) is 0 Å². The number of carbonyl (C=O) groups is 3. The van der Waals surface area contributed by atoms with E-state index < -0.39 is 5.97 Å². The van der Waals surface area contributed by atoms with Gasteiger partial charge in [-0.05, 0) is 31.3 Å². The second-order valence-electron chi connectivity index (χ2n) is 6.70. The molecule has 2 N–H and O–H groups in total. The van der Waals surface area contributed by atoms with Crippen LogP contribution in [0, 0.1) is 0 Å². The average molecular weight is 389 g/mol. The van der Waals surface area contributed by atoms with Crippen molar-refractivity contribution in [2.24, 2.45) is 0 Å². The lowest BCUT2D eigenvalue weighted by molar-refractivity contribution is -0.134. The molecule has 0 bridgehead atoms. The number of aromatic nitrogens is 1. The maximum absolute atomic E-state index is 12.6. The summed E-state index contributed by atoms with van der Waals surface area (Å²) < 4.78 is 0. The van der Waals surface area contributed by atoms with Gasteiger partial charge in [-0.3, -0.25) is 14.5 Å². The Hall–Kier alpha value is -2.78. The number of carboxylic acids is 1. The number of pyridine rings is 1. The smallest absolute Gasteiger partial charge is 0.328 e. The molecular weight excluding hydrogens is 362 g/mol. The zero-order valence-electron chi connectivity index (χ0n) is 16.3. The molecule has 0 atom stereocenters. The summed E-state index contributed by atoms with van der Waals surface area (Å²) in [6, 6.07) is 1.77. The van der Waals surface area contributed by atoms with E-state index in [0.717, 1.165) is 32.3 Å². The molecule has 2 rings (SSSR count). The van der Waals surface area contributed by atoms with Gasteiger partial charge in [0.2, 0.25) is 12.3 Å². The molecular formula is C19H27N5O4. The summed E-state index contributed by atoms with van der Waals surface area (Å²) in [6.07, 6.45) is 4.50. The Morgan fingerprint density at radius 1 is 1.32 bits per heavy atom. The number of rotatable bonds is 9. The van der Waals surface area contributed by atoms with Gasteiger partial charge < -0.3 is 20.2 Å². The Kier molecular flexibility index (Phi) is 8.09. The molecule has 2 heterocycles. The summed E-state index contributed by atoms with van der Waals surface area (Å²) in [6.45, 7) is 6.48. The van der Waals surface area contributed by atoms with Crippen LogP contribution in [0.15, 0.2) is 18.3 Å². The Morgan fingerprint density at radius 2 is 2.04 bits per heavy atom. The summed E-state index contributed by atoms with van der Waals surface area (Å²) in [5.41, 5.74) is 1.32. The highest BCUT2D eigenvalue weighted by Crippen LogP contribution is 2.17. The third-order valence-corrected chi connectivity index (χ3v) is 4.66. The highest BCUT2D eigenvalue weighted by Gasteiger charge is 2.21. The number of likely N-dealkylation sites (N-methyl/N-ethyl adjacent to an activating group) is 2. The van der Waals surface area contributed by atoms with Crippen molar-refractivity contribution in [1.82, 2.24) is 19.7 Å². The fraction of sp³-hybridized carbons (Fsp3) is 0.474. The fourth-order valence-corrected chi connectivity index (χ4v) is 2.96. The number of carboxylic acid groups (broad SMARTS) is 1. The fourth-order valence-electron chi connectivity index (χ4n) is 2.96.